The number of benzene rings is 2. The van der Waals surface area contributed by atoms with Crippen LogP contribution < -0.4 is 26.6 Å². The van der Waals surface area contributed by atoms with Crippen LogP contribution in [0.3, 0.4) is 0 Å². The van der Waals surface area contributed by atoms with Gasteiger partial charge in [-0.2, -0.15) is 0 Å². The maximum absolute atomic E-state index is 12.2. The molecule has 0 saturated carbocycles. The summed E-state index contributed by atoms with van der Waals surface area (Å²) in [6.07, 6.45) is 1.18. The lowest BCUT2D eigenvalue weighted by molar-refractivity contribution is 0.251. The van der Waals surface area contributed by atoms with Crippen LogP contribution in [0.2, 0.25) is 0 Å². The van der Waals surface area contributed by atoms with Crippen molar-refractivity contribution in [3.8, 4) is 5.75 Å². The Morgan fingerprint density at radius 1 is 1.10 bits per heavy atom. The number of phenols is 1. The Hall–Kier alpha value is -3.90. The predicted octanol–water partition coefficient (Wildman–Crippen LogP) is 1.19. The van der Waals surface area contributed by atoms with Crippen LogP contribution in [-0.2, 0) is 16.6 Å². The first-order valence-electron chi connectivity index (χ1n) is 8.53. The number of carbonyl (C=O) groups excluding carboxylic acids is 1. The number of carbonyl (C=O) groups is 1. The molecule has 0 radical (unpaired) electrons. The third-order valence-electron chi connectivity index (χ3n) is 3.88. The fraction of sp³-hybridized carbons (Fsp3) is 0.0556. The van der Waals surface area contributed by atoms with Crippen molar-refractivity contribution in [3.05, 3.63) is 70.6 Å². The number of H-pyrrole nitrogens is 1. The highest BCUT2D eigenvalue weighted by Gasteiger charge is 2.09. The molecule has 12 heteroatoms. The van der Waals surface area contributed by atoms with E-state index >= 15 is 0 Å². The summed E-state index contributed by atoms with van der Waals surface area (Å²) < 4.78 is 22.5. The molecule has 0 fully saturated rings. The van der Waals surface area contributed by atoms with Crippen LogP contribution in [0.4, 0.5) is 22.1 Å². The van der Waals surface area contributed by atoms with E-state index in [4.69, 9.17) is 5.14 Å². The van der Waals surface area contributed by atoms with Crippen LogP contribution in [0, 0.1) is 0 Å². The number of nitrogens with one attached hydrogen (secondary N) is 4. The van der Waals surface area contributed by atoms with Gasteiger partial charge in [-0.3, -0.25) is 9.78 Å². The summed E-state index contributed by atoms with van der Waals surface area (Å²) in [4.78, 5) is 30.6. The molecular formula is C18H18N6O5S. The number of nitrogens with zero attached hydrogens (tertiary/aromatic N) is 1. The van der Waals surface area contributed by atoms with Crippen LogP contribution in [-0.4, -0.2) is 29.5 Å². The van der Waals surface area contributed by atoms with E-state index in [0.29, 0.717) is 5.69 Å². The summed E-state index contributed by atoms with van der Waals surface area (Å²) in [5, 5.41) is 22.1. The minimum absolute atomic E-state index is 0.0487. The highest BCUT2D eigenvalue weighted by atomic mass is 32.2. The first kappa shape index (κ1) is 20.8. The molecule has 0 aliphatic heterocycles. The van der Waals surface area contributed by atoms with E-state index in [1.54, 1.807) is 12.1 Å². The Morgan fingerprint density at radius 2 is 1.77 bits per heavy atom. The van der Waals surface area contributed by atoms with Gasteiger partial charge in [0.1, 0.15) is 11.4 Å². The largest absolute Gasteiger partial charge is 0.508 e. The molecule has 0 unspecified atom stereocenters. The van der Waals surface area contributed by atoms with Crippen molar-refractivity contribution in [2.24, 2.45) is 5.14 Å². The Morgan fingerprint density at radius 3 is 2.37 bits per heavy atom. The third kappa shape index (κ3) is 5.56. The van der Waals surface area contributed by atoms with Gasteiger partial charge in [0.15, 0.2) is 0 Å². The number of hydrogen-bond donors (Lipinski definition) is 6. The summed E-state index contributed by atoms with van der Waals surface area (Å²) in [7, 11) is -3.80. The van der Waals surface area contributed by atoms with Crippen molar-refractivity contribution in [1.29, 1.82) is 0 Å². The van der Waals surface area contributed by atoms with E-state index in [0.717, 1.165) is 5.56 Å². The van der Waals surface area contributed by atoms with Crippen LogP contribution in [0.25, 0.3) is 0 Å². The zero-order valence-electron chi connectivity index (χ0n) is 15.4. The summed E-state index contributed by atoms with van der Waals surface area (Å²) in [5.41, 5.74) is 0.586. The Kier molecular flexibility index (Phi) is 5.99. The van der Waals surface area contributed by atoms with Crippen molar-refractivity contribution >= 4 is 33.4 Å². The average Bonchev–Trinajstić information content (AvgIpc) is 2.69. The van der Waals surface area contributed by atoms with Crippen molar-refractivity contribution in [2.75, 3.05) is 10.6 Å². The maximum atomic E-state index is 12.2. The van der Waals surface area contributed by atoms with Crippen molar-refractivity contribution in [1.82, 2.24) is 15.3 Å². The standard InChI is InChI=1S/C18H18N6O5S/c19-30(28,29)14-7-3-12(4-8-14)22-17-20-10-15(16(26)24-17)23-18(27)21-9-11-1-5-13(25)6-2-11/h1-8,10,25H,9H2,(H2,19,28,29)(H2,21,23,27)(H2,20,22,24,26). The van der Waals surface area contributed by atoms with Crippen molar-refractivity contribution in [3.63, 3.8) is 0 Å². The Balaban J connectivity index is 1.60. The number of hydrogen-bond acceptors (Lipinski definition) is 7. The van der Waals surface area contributed by atoms with Crippen LogP contribution in [0.5, 0.6) is 5.75 Å². The molecule has 7 N–H and O–H groups in total. The number of urea groups is 1. The second-order valence-electron chi connectivity index (χ2n) is 6.14. The molecular weight excluding hydrogens is 412 g/mol. The molecule has 3 rings (SSSR count). The van der Waals surface area contributed by atoms with Crippen LogP contribution >= 0.6 is 0 Å². The lowest BCUT2D eigenvalue weighted by atomic mass is 10.2. The fourth-order valence-electron chi connectivity index (χ4n) is 2.37. The minimum Gasteiger partial charge on any atom is -0.508 e. The molecule has 1 aromatic heterocycles. The first-order chi connectivity index (χ1) is 14.2. The van der Waals surface area contributed by atoms with E-state index < -0.39 is 21.6 Å². The van der Waals surface area contributed by atoms with Crippen molar-refractivity contribution in [2.45, 2.75) is 11.4 Å². The molecule has 2 aromatic carbocycles. The van der Waals surface area contributed by atoms with Gasteiger partial charge in [-0.25, -0.2) is 23.3 Å². The molecule has 0 spiro atoms. The summed E-state index contributed by atoms with van der Waals surface area (Å²) in [5.74, 6) is 0.216. The lowest BCUT2D eigenvalue weighted by Crippen LogP contribution is -2.31. The van der Waals surface area contributed by atoms with Crippen LogP contribution in [0.15, 0.2) is 64.4 Å². The number of amides is 2. The number of phenolic OH excluding ortho intramolecular Hbond substituents is 1. The van der Waals surface area contributed by atoms with Gasteiger partial charge in [0.05, 0.1) is 11.1 Å². The molecule has 30 heavy (non-hydrogen) atoms. The topological polar surface area (TPSA) is 179 Å². The summed E-state index contributed by atoms with van der Waals surface area (Å²) in [6.45, 7) is 0.200. The second-order valence-corrected chi connectivity index (χ2v) is 7.70. The molecule has 0 bridgehead atoms. The second kappa shape index (κ2) is 8.63. The fourth-order valence-corrected chi connectivity index (χ4v) is 2.89. The van der Waals surface area contributed by atoms with Gasteiger partial charge in [-0.05, 0) is 42.0 Å². The highest BCUT2D eigenvalue weighted by molar-refractivity contribution is 7.89. The Bertz CT molecular complexity index is 1210. The van der Waals surface area contributed by atoms with Gasteiger partial charge in [-0.1, -0.05) is 12.1 Å². The van der Waals surface area contributed by atoms with Crippen molar-refractivity contribution < 1.29 is 18.3 Å². The number of aromatic amines is 1. The smallest absolute Gasteiger partial charge is 0.319 e. The van der Waals surface area contributed by atoms with Crippen LogP contribution in [0.1, 0.15) is 5.56 Å². The quantitative estimate of drug-likeness (QED) is 0.340. The molecule has 0 saturated heterocycles. The van der Waals surface area contributed by atoms with Gasteiger partial charge in [0.2, 0.25) is 16.0 Å². The molecule has 156 valence electrons. The summed E-state index contributed by atoms with van der Waals surface area (Å²) >= 11 is 0. The number of aromatic hydroxyl groups is 1. The first-order valence-corrected chi connectivity index (χ1v) is 10.1. The number of primary sulfonamides is 1. The SMILES string of the molecule is NS(=O)(=O)c1ccc(Nc2ncc(NC(=O)NCc3ccc(O)cc3)c(=O)[nH]2)cc1. The lowest BCUT2D eigenvalue weighted by Gasteiger charge is -2.09. The maximum Gasteiger partial charge on any atom is 0.319 e. The zero-order valence-corrected chi connectivity index (χ0v) is 16.2. The number of aromatic nitrogens is 2. The predicted molar refractivity (Wildman–Crippen MR) is 110 cm³/mol. The number of sulfonamides is 1. The monoisotopic (exact) mass is 430 g/mol. The average molecular weight is 430 g/mol. The van der Waals surface area contributed by atoms with Gasteiger partial charge in [0, 0.05) is 12.2 Å². The molecule has 0 aliphatic carbocycles. The third-order valence-corrected chi connectivity index (χ3v) is 4.81. The molecule has 3 aromatic rings. The Labute approximate surface area is 171 Å². The van der Waals surface area contributed by atoms with E-state index in [1.165, 1.54) is 42.6 Å². The molecule has 1 heterocycles. The molecule has 2 amide bonds. The number of rotatable bonds is 6. The molecule has 0 atom stereocenters. The zero-order chi connectivity index (χ0) is 21.7. The van der Waals surface area contributed by atoms with E-state index in [9.17, 15) is 23.1 Å². The van der Waals surface area contributed by atoms with E-state index in [-0.39, 0.29) is 28.8 Å². The number of anilines is 3. The van der Waals surface area contributed by atoms with Gasteiger partial charge >= 0.3 is 6.03 Å². The summed E-state index contributed by atoms with van der Waals surface area (Å²) in [6, 6.07) is 11.2. The molecule has 11 nitrogen and oxygen atoms in total. The van der Waals surface area contributed by atoms with Gasteiger partial charge in [0.25, 0.3) is 5.56 Å². The normalized spacial score (nSPS) is 11.0. The molecule has 0 aliphatic rings. The van der Waals surface area contributed by atoms with Gasteiger partial charge < -0.3 is 21.1 Å². The van der Waals surface area contributed by atoms with E-state index in [2.05, 4.69) is 25.9 Å². The number of nitrogens with two attached hydrogens (primary N) is 1. The van der Waals surface area contributed by atoms with Gasteiger partial charge in [-0.15, -0.1) is 0 Å². The van der Waals surface area contributed by atoms with E-state index in [1.807, 2.05) is 0 Å². The highest BCUT2D eigenvalue weighted by Crippen LogP contribution is 2.15. The minimum atomic E-state index is -3.80.